The van der Waals surface area contributed by atoms with Crippen molar-refractivity contribution in [3.63, 3.8) is 0 Å². The Balaban J connectivity index is 2.10. The van der Waals surface area contributed by atoms with Gasteiger partial charge in [0.1, 0.15) is 17.9 Å². The SMILES string of the molecule is CCC1(C)C(=O)NC(=O)N1CC(=O)Nc1ccccc1F. The van der Waals surface area contributed by atoms with Crippen molar-refractivity contribution in [2.24, 2.45) is 0 Å². The van der Waals surface area contributed by atoms with Gasteiger partial charge < -0.3 is 10.2 Å². The highest BCUT2D eigenvalue weighted by atomic mass is 19.1. The molecule has 1 unspecified atom stereocenters. The summed E-state index contributed by atoms with van der Waals surface area (Å²) in [4.78, 5) is 36.7. The maximum Gasteiger partial charge on any atom is 0.325 e. The van der Waals surface area contributed by atoms with Crippen molar-refractivity contribution in [3.8, 4) is 0 Å². The molecule has 1 atom stereocenters. The predicted octanol–water partition coefficient (Wildman–Crippen LogP) is 1.48. The number of amides is 4. The number of carbonyl (C=O) groups is 3. The van der Waals surface area contributed by atoms with Crippen LogP contribution < -0.4 is 10.6 Å². The Morgan fingerprint density at radius 1 is 1.38 bits per heavy atom. The smallest absolute Gasteiger partial charge is 0.322 e. The van der Waals surface area contributed by atoms with E-state index in [0.29, 0.717) is 6.42 Å². The summed E-state index contributed by atoms with van der Waals surface area (Å²) in [5.41, 5.74) is -1.03. The molecule has 2 rings (SSSR count). The first kappa shape index (κ1) is 15.0. The molecule has 0 aromatic heterocycles. The number of imide groups is 1. The third kappa shape index (κ3) is 2.72. The molecule has 2 N–H and O–H groups in total. The minimum atomic E-state index is -1.07. The minimum absolute atomic E-state index is 0.0339. The predicted molar refractivity (Wildman–Crippen MR) is 74.0 cm³/mol. The van der Waals surface area contributed by atoms with Crippen molar-refractivity contribution in [1.29, 1.82) is 0 Å². The van der Waals surface area contributed by atoms with E-state index in [-0.39, 0.29) is 12.2 Å². The maximum absolute atomic E-state index is 13.5. The van der Waals surface area contributed by atoms with Gasteiger partial charge in [-0.15, -0.1) is 0 Å². The molecule has 0 spiro atoms. The van der Waals surface area contributed by atoms with E-state index >= 15 is 0 Å². The van der Waals surface area contributed by atoms with Crippen molar-refractivity contribution >= 4 is 23.5 Å². The average molecular weight is 293 g/mol. The number of carbonyl (C=O) groups excluding carboxylic acids is 3. The number of hydrogen-bond acceptors (Lipinski definition) is 3. The number of halogens is 1. The van der Waals surface area contributed by atoms with Crippen LogP contribution in [0.4, 0.5) is 14.9 Å². The van der Waals surface area contributed by atoms with Crippen LogP contribution >= 0.6 is 0 Å². The minimum Gasteiger partial charge on any atom is -0.322 e. The first-order valence-electron chi connectivity index (χ1n) is 6.56. The van der Waals surface area contributed by atoms with E-state index < -0.39 is 29.2 Å². The van der Waals surface area contributed by atoms with Gasteiger partial charge in [0.15, 0.2) is 0 Å². The van der Waals surface area contributed by atoms with Crippen molar-refractivity contribution in [2.75, 3.05) is 11.9 Å². The fraction of sp³-hybridized carbons (Fsp3) is 0.357. The highest BCUT2D eigenvalue weighted by molar-refractivity contribution is 6.08. The lowest BCUT2D eigenvalue weighted by atomic mass is 9.97. The molecular formula is C14H16FN3O3. The van der Waals surface area contributed by atoms with Gasteiger partial charge in [0.25, 0.3) is 5.91 Å². The van der Waals surface area contributed by atoms with E-state index in [2.05, 4.69) is 10.6 Å². The van der Waals surface area contributed by atoms with Gasteiger partial charge in [-0.25, -0.2) is 9.18 Å². The molecule has 1 aliphatic rings. The maximum atomic E-state index is 13.5. The molecule has 1 aromatic carbocycles. The quantitative estimate of drug-likeness (QED) is 0.825. The summed E-state index contributed by atoms with van der Waals surface area (Å²) >= 11 is 0. The number of para-hydroxylation sites is 1. The van der Waals surface area contributed by atoms with E-state index in [1.807, 2.05) is 0 Å². The molecule has 1 saturated heterocycles. The van der Waals surface area contributed by atoms with Gasteiger partial charge >= 0.3 is 6.03 Å². The zero-order chi connectivity index (χ0) is 15.6. The highest BCUT2D eigenvalue weighted by Gasteiger charge is 2.48. The second kappa shape index (κ2) is 5.51. The molecule has 21 heavy (non-hydrogen) atoms. The van der Waals surface area contributed by atoms with Crippen LogP contribution in [0.2, 0.25) is 0 Å². The largest absolute Gasteiger partial charge is 0.325 e. The Hall–Kier alpha value is -2.44. The van der Waals surface area contributed by atoms with Gasteiger partial charge in [0.05, 0.1) is 5.69 Å². The van der Waals surface area contributed by atoms with Gasteiger partial charge in [-0.2, -0.15) is 0 Å². The summed E-state index contributed by atoms with van der Waals surface area (Å²) in [5.74, 6) is -1.57. The van der Waals surface area contributed by atoms with Gasteiger partial charge in [0.2, 0.25) is 5.91 Å². The number of nitrogens with one attached hydrogen (secondary N) is 2. The van der Waals surface area contributed by atoms with Crippen molar-refractivity contribution in [3.05, 3.63) is 30.1 Å². The topological polar surface area (TPSA) is 78.5 Å². The van der Waals surface area contributed by atoms with Crippen molar-refractivity contribution in [1.82, 2.24) is 10.2 Å². The second-order valence-electron chi connectivity index (χ2n) is 5.00. The van der Waals surface area contributed by atoms with Crippen LogP contribution in [0, 0.1) is 5.82 Å². The fourth-order valence-corrected chi connectivity index (χ4v) is 2.14. The van der Waals surface area contributed by atoms with E-state index in [1.54, 1.807) is 19.9 Å². The molecule has 1 aromatic rings. The molecule has 0 saturated carbocycles. The number of anilines is 1. The Bertz CT molecular complexity index is 605. The summed E-state index contributed by atoms with van der Waals surface area (Å²) in [6, 6.07) is 5.11. The molecule has 1 aliphatic heterocycles. The van der Waals surface area contributed by atoms with Crippen molar-refractivity contribution in [2.45, 2.75) is 25.8 Å². The van der Waals surface area contributed by atoms with E-state index in [1.165, 1.54) is 18.2 Å². The molecule has 4 amide bonds. The highest BCUT2D eigenvalue weighted by Crippen LogP contribution is 2.25. The third-order valence-corrected chi connectivity index (χ3v) is 3.69. The molecule has 0 aliphatic carbocycles. The number of benzene rings is 1. The molecule has 7 heteroatoms. The first-order chi connectivity index (χ1) is 9.88. The summed E-state index contributed by atoms with van der Waals surface area (Å²) in [6.07, 6.45) is 0.373. The lowest BCUT2D eigenvalue weighted by Gasteiger charge is -2.30. The normalized spacial score (nSPS) is 21.4. The van der Waals surface area contributed by atoms with Gasteiger partial charge in [-0.05, 0) is 25.5 Å². The van der Waals surface area contributed by atoms with Gasteiger partial charge in [-0.1, -0.05) is 19.1 Å². The molecule has 1 heterocycles. The first-order valence-corrected chi connectivity index (χ1v) is 6.56. The number of nitrogens with zero attached hydrogens (tertiary/aromatic N) is 1. The lowest BCUT2D eigenvalue weighted by molar-refractivity contribution is -0.127. The van der Waals surface area contributed by atoms with E-state index in [4.69, 9.17) is 0 Å². The molecular weight excluding hydrogens is 277 g/mol. The summed E-state index contributed by atoms with van der Waals surface area (Å²) in [6.45, 7) is 3.01. The molecule has 0 radical (unpaired) electrons. The van der Waals surface area contributed by atoms with Gasteiger partial charge in [-0.3, -0.25) is 14.9 Å². The fourth-order valence-electron chi connectivity index (χ4n) is 2.14. The average Bonchev–Trinajstić information content (AvgIpc) is 2.65. The van der Waals surface area contributed by atoms with Crippen LogP contribution in [0.5, 0.6) is 0 Å². The number of urea groups is 1. The second-order valence-corrected chi connectivity index (χ2v) is 5.00. The molecule has 112 valence electrons. The Morgan fingerprint density at radius 2 is 2.05 bits per heavy atom. The third-order valence-electron chi connectivity index (χ3n) is 3.69. The number of rotatable bonds is 4. The Labute approximate surface area is 121 Å². The van der Waals surface area contributed by atoms with Crippen molar-refractivity contribution < 1.29 is 18.8 Å². The van der Waals surface area contributed by atoms with E-state index in [0.717, 1.165) is 4.90 Å². The van der Waals surface area contributed by atoms with Gasteiger partial charge in [0, 0.05) is 0 Å². The molecule has 6 nitrogen and oxygen atoms in total. The standard InChI is InChI=1S/C14H16FN3O3/c1-3-14(2)12(20)17-13(21)18(14)8-11(19)16-10-7-5-4-6-9(10)15/h4-7H,3,8H2,1-2H3,(H,16,19)(H,17,20,21). The monoisotopic (exact) mass is 293 g/mol. The summed E-state index contributed by atoms with van der Waals surface area (Å²) < 4.78 is 13.5. The van der Waals surface area contributed by atoms with Crippen LogP contribution in [0.3, 0.4) is 0 Å². The molecule has 1 fully saturated rings. The number of hydrogen-bond donors (Lipinski definition) is 2. The Morgan fingerprint density at radius 3 is 2.67 bits per heavy atom. The summed E-state index contributed by atoms with van der Waals surface area (Å²) in [7, 11) is 0. The van der Waals surface area contributed by atoms with Crippen LogP contribution in [0.25, 0.3) is 0 Å². The van der Waals surface area contributed by atoms with Crippen LogP contribution in [-0.4, -0.2) is 34.8 Å². The zero-order valence-electron chi connectivity index (χ0n) is 11.8. The summed E-state index contributed by atoms with van der Waals surface area (Å²) in [5, 5.41) is 4.57. The van der Waals surface area contributed by atoms with Crippen LogP contribution in [0.1, 0.15) is 20.3 Å². The van der Waals surface area contributed by atoms with Crippen LogP contribution in [-0.2, 0) is 9.59 Å². The lowest BCUT2D eigenvalue weighted by Crippen LogP contribution is -2.49. The van der Waals surface area contributed by atoms with E-state index in [9.17, 15) is 18.8 Å². The zero-order valence-corrected chi connectivity index (χ0v) is 11.8. The van der Waals surface area contributed by atoms with Crippen LogP contribution in [0.15, 0.2) is 24.3 Å². The Kier molecular flexibility index (Phi) is 3.93. The molecule has 0 bridgehead atoms.